The number of carbonyl (C=O) groups excluding carboxylic acids is 2. The number of ether oxygens (including phenoxy) is 3. The van der Waals surface area contributed by atoms with Crippen molar-refractivity contribution in [2.24, 2.45) is 5.41 Å². The minimum Gasteiger partial charge on any atom is -0.496 e. The highest BCUT2D eigenvalue weighted by molar-refractivity contribution is 5.97. The average molecular weight is 453 g/mol. The molecule has 2 aromatic rings. The van der Waals surface area contributed by atoms with Gasteiger partial charge in [0.1, 0.15) is 11.5 Å². The molecule has 1 unspecified atom stereocenters. The Morgan fingerprint density at radius 1 is 0.970 bits per heavy atom. The quantitative estimate of drug-likeness (QED) is 0.645. The van der Waals surface area contributed by atoms with E-state index in [1.165, 1.54) is 0 Å². The van der Waals surface area contributed by atoms with Crippen molar-refractivity contribution in [1.29, 1.82) is 0 Å². The Morgan fingerprint density at radius 2 is 1.70 bits per heavy atom. The normalized spacial score (nSPS) is 20.9. The van der Waals surface area contributed by atoms with Crippen LogP contribution in [0.15, 0.2) is 54.6 Å². The third-order valence-electron chi connectivity index (χ3n) is 6.46. The van der Waals surface area contributed by atoms with Gasteiger partial charge in [-0.25, -0.2) is 0 Å². The van der Waals surface area contributed by atoms with Crippen molar-refractivity contribution >= 4 is 11.8 Å². The molecule has 33 heavy (non-hydrogen) atoms. The van der Waals surface area contributed by atoms with Gasteiger partial charge in [-0.3, -0.25) is 9.59 Å². The van der Waals surface area contributed by atoms with Crippen molar-refractivity contribution in [3.8, 4) is 11.5 Å². The van der Waals surface area contributed by atoms with Gasteiger partial charge in [-0.1, -0.05) is 30.3 Å². The highest BCUT2D eigenvalue weighted by Gasteiger charge is 2.41. The van der Waals surface area contributed by atoms with Gasteiger partial charge in [-0.05, 0) is 37.1 Å². The zero-order chi connectivity index (χ0) is 23.1. The number of hydrogen-bond acceptors (Lipinski definition) is 5. The first-order valence-corrected chi connectivity index (χ1v) is 11.6. The van der Waals surface area contributed by atoms with Gasteiger partial charge in [-0.2, -0.15) is 0 Å². The maximum absolute atomic E-state index is 13.4. The van der Waals surface area contributed by atoms with Gasteiger partial charge >= 0.3 is 0 Å². The van der Waals surface area contributed by atoms with Crippen molar-refractivity contribution in [2.75, 3.05) is 53.1 Å². The summed E-state index contributed by atoms with van der Waals surface area (Å²) in [5, 5.41) is 0. The zero-order valence-corrected chi connectivity index (χ0v) is 19.2. The summed E-state index contributed by atoms with van der Waals surface area (Å²) in [5.74, 6) is 1.35. The molecule has 2 amide bonds. The second-order valence-electron chi connectivity index (χ2n) is 8.80. The highest BCUT2D eigenvalue weighted by Crippen LogP contribution is 2.36. The van der Waals surface area contributed by atoms with Crippen molar-refractivity contribution in [3.05, 3.63) is 60.2 Å². The van der Waals surface area contributed by atoms with Gasteiger partial charge in [0, 0.05) is 38.0 Å². The molecule has 0 aliphatic carbocycles. The molecule has 7 heteroatoms. The van der Waals surface area contributed by atoms with E-state index in [4.69, 9.17) is 14.2 Å². The molecule has 0 spiro atoms. The van der Waals surface area contributed by atoms with Crippen LogP contribution in [-0.2, 0) is 9.53 Å². The minimum absolute atomic E-state index is 0.0740. The molecule has 176 valence electrons. The monoisotopic (exact) mass is 452 g/mol. The van der Waals surface area contributed by atoms with Crippen LogP contribution in [0.2, 0.25) is 0 Å². The van der Waals surface area contributed by atoms with Gasteiger partial charge in [0.25, 0.3) is 5.91 Å². The summed E-state index contributed by atoms with van der Waals surface area (Å²) in [7, 11) is 1.57. The predicted molar refractivity (Wildman–Crippen MR) is 125 cm³/mol. The number of nitrogens with zero attached hydrogens (tertiary/aromatic N) is 2. The van der Waals surface area contributed by atoms with Gasteiger partial charge in [-0.15, -0.1) is 0 Å². The third-order valence-corrected chi connectivity index (χ3v) is 6.46. The number of likely N-dealkylation sites (tertiary alicyclic amines) is 1. The maximum Gasteiger partial charge on any atom is 0.257 e. The number of para-hydroxylation sites is 2. The zero-order valence-electron chi connectivity index (χ0n) is 19.2. The van der Waals surface area contributed by atoms with E-state index in [1.54, 1.807) is 19.2 Å². The third kappa shape index (κ3) is 5.66. The second kappa shape index (κ2) is 10.7. The average Bonchev–Trinajstić information content (AvgIpc) is 2.88. The number of hydrogen-bond donors (Lipinski definition) is 0. The summed E-state index contributed by atoms with van der Waals surface area (Å²) in [5.41, 5.74) is 0.0838. The fourth-order valence-corrected chi connectivity index (χ4v) is 4.68. The van der Waals surface area contributed by atoms with Crippen LogP contribution in [0.5, 0.6) is 11.5 Å². The Hall–Kier alpha value is -3.06. The molecule has 2 fully saturated rings. The fourth-order valence-electron chi connectivity index (χ4n) is 4.68. The molecule has 0 radical (unpaired) electrons. The predicted octanol–water partition coefficient (Wildman–Crippen LogP) is 3.25. The molecule has 0 saturated carbocycles. The number of amides is 2. The molecule has 4 rings (SSSR count). The summed E-state index contributed by atoms with van der Waals surface area (Å²) in [4.78, 5) is 30.4. The van der Waals surface area contributed by atoms with Crippen LogP contribution < -0.4 is 9.47 Å². The lowest BCUT2D eigenvalue weighted by atomic mass is 9.77. The molecule has 1 atom stereocenters. The molecular formula is C26H32N2O5. The van der Waals surface area contributed by atoms with Gasteiger partial charge < -0.3 is 24.0 Å². The number of methoxy groups -OCH3 is 1. The Morgan fingerprint density at radius 3 is 2.45 bits per heavy atom. The van der Waals surface area contributed by atoms with Crippen LogP contribution >= 0.6 is 0 Å². The number of rotatable bonds is 7. The van der Waals surface area contributed by atoms with Crippen molar-refractivity contribution in [2.45, 2.75) is 19.3 Å². The van der Waals surface area contributed by atoms with Crippen LogP contribution in [0.4, 0.5) is 0 Å². The first-order chi connectivity index (χ1) is 16.1. The van der Waals surface area contributed by atoms with Gasteiger partial charge in [0.2, 0.25) is 5.91 Å². The number of benzene rings is 2. The highest BCUT2D eigenvalue weighted by atomic mass is 16.5. The molecule has 7 nitrogen and oxygen atoms in total. The Kier molecular flexibility index (Phi) is 7.50. The second-order valence-corrected chi connectivity index (χ2v) is 8.80. The summed E-state index contributed by atoms with van der Waals surface area (Å²) in [6.45, 7) is 3.84. The van der Waals surface area contributed by atoms with E-state index in [-0.39, 0.29) is 11.8 Å². The van der Waals surface area contributed by atoms with Crippen LogP contribution in [0, 0.1) is 5.41 Å². The van der Waals surface area contributed by atoms with E-state index in [1.807, 2.05) is 52.3 Å². The van der Waals surface area contributed by atoms with E-state index < -0.39 is 5.41 Å². The van der Waals surface area contributed by atoms with Crippen LogP contribution in [0.25, 0.3) is 0 Å². The Labute approximate surface area is 195 Å². The smallest absolute Gasteiger partial charge is 0.257 e. The fraction of sp³-hybridized carbons (Fsp3) is 0.462. The standard InChI is InChI=1S/C26H32N2O5/c1-31-23-11-6-5-10-22(23)25(30)28-13-7-12-26(19-28,20-33-21-8-3-2-4-9-21)18-24(29)27-14-16-32-17-15-27/h2-6,8-11H,7,12-20H2,1H3. The van der Waals surface area contributed by atoms with Crippen LogP contribution in [-0.4, -0.2) is 74.7 Å². The van der Waals surface area contributed by atoms with E-state index >= 15 is 0 Å². The molecule has 0 bridgehead atoms. The lowest BCUT2D eigenvalue weighted by Gasteiger charge is -2.43. The first-order valence-electron chi connectivity index (χ1n) is 11.6. The minimum atomic E-state index is -0.457. The molecule has 2 aliphatic rings. The molecule has 2 heterocycles. The van der Waals surface area contributed by atoms with Crippen LogP contribution in [0.1, 0.15) is 29.6 Å². The summed E-state index contributed by atoms with van der Waals surface area (Å²) < 4.78 is 17.0. The lowest BCUT2D eigenvalue weighted by Crippen LogP contribution is -2.52. The van der Waals surface area contributed by atoms with E-state index in [0.29, 0.717) is 63.7 Å². The molecule has 2 aliphatic heterocycles. The largest absolute Gasteiger partial charge is 0.496 e. The number of piperidine rings is 1. The van der Waals surface area contributed by atoms with Crippen molar-refractivity contribution < 1.29 is 23.8 Å². The van der Waals surface area contributed by atoms with E-state index in [2.05, 4.69) is 0 Å². The maximum atomic E-state index is 13.4. The molecule has 2 saturated heterocycles. The SMILES string of the molecule is COc1ccccc1C(=O)N1CCCC(COc2ccccc2)(CC(=O)N2CCOCC2)C1. The van der Waals surface area contributed by atoms with Crippen molar-refractivity contribution in [3.63, 3.8) is 0 Å². The van der Waals surface area contributed by atoms with Crippen molar-refractivity contribution in [1.82, 2.24) is 9.80 Å². The van der Waals surface area contributed by atoms with Gasteiger partial charge in [0.15, 0.2) is 0 Å². The Bertz CT molecular complexity index is 945. The van der Waals surface area contributed by atoms with E-state index in [9.17, 15) is 9.59 Å². The number of carbonyl (C=O) groups is 2. The lowest BCUT2D eigenvalue weighted by molar-refractivity contribution is -0.139. The van der Waals surface area contributed by atoms with Crippen LogP contribution in [0.3, 0.4) is 0 Å². The summed E-state index contributed by atoms with van der Waals surface area (Å²) >= 11 is 0. The molecular weight excluding hydrogens is 420 g/mol. The first kappa shape index (κ1) is 23.1. The number of morpholine rings is 1. The topological polar surface area (TPSA) is 68.3 Å². The molecule has 0 aromatic heterocycles. The van der Waals surface area contributed by atoms with Gasteiger partial charge in [0.05, 0.1) is 32.5 Å². The van der Waals surface area contributed by atoms with E-state index in [0.717, 1.165) is 18.6 Å². The molecule has 2 aromatic carbocycles. The Balaban J connectivity index is 1.54. The summed E-state index contributed by atoms with van der Waals surface area (Å²) in [6, 6.07) is 16.9. The molecule has 0 N–H and O–H groups in total. The summed E-state index contributed by atoms with van der Waals surface area (Å²) in [6.07, 6.45) is 1.98.